The molecule has 0 saturated heterocycles. The lowest BCUT2D eigenvalue weighted by atomic mass is 10.2. The minimum atomic E-state index is -4.06. The molecule has 0 aliphatic rings. The number of anilines is 1. The van der Waals surface area contributed by atoms with E-state index in [1.54, 1.807) is 0 Å². The third-order valence-electron chi connectivity index (χ3n) is 2.45. The van der Waals surface area contributed by atoms with E-state index in [0.29, 0.717) is 0 Å². The van der Waals surface area contributed by atoms with E-state index in [1.807, 2.05) is 6.07 Å². The van der Waals surface area contributed by atoms with Gasteiger partial charge in [0.05, 0.1) is 16.3 Å². The topological polar surface area (TPSA) is 107 Å². The lowest BCUT2D eigenvalue weighted by Gasteiger charge is -2.08. The Morgan fingerprint density at radius 2 is 2.10 bits per heavy atom. The van der Waals surface area contributed by atoms with Gasteiger partial charge in [-0.25, -0.2) is 13.2 Å². The highest BCUT2D eigenvalue weighted by molar-refractivity contribution is 7.93. The zero-order valence-corrected chi connectivity index (χ0v) is 12.6. The number of thiophene rings is 1. The SMILES string of the molecule is N#Cc1cc(NS(=O)(=O)c2ccsc2C(=O)O)ccc1Cl. The Balaban J connectivity index is 2.41. The maximum atomic E-state index is 12.2. The van der Waals surface area contributed by atoms with Gasteiger partial charge in [0, 0.05) is 0 Å². The van der Waals surface area contributed by atoms with Crippen LogP contribution in [0.1, 0.15) is 15.2 Å². The summed E-state index contributed by atoms with van der Waals surface area (Å²) in [7, 11) is -4.06. The van der Waals surface area contributed by atoms with Crippen molar-refractivity contribution in [1.82, 2.24) is 0 Å². The van der Waals surface area contributed by atoms with Gasteiger partial charge in [-0.1, -0.05) is 11.6 Å². The Morgan fingerprint density at radius 3 is 2.71 bits per heavy atom. The summed E-state index contributed by atoms with van der Waals surface area (Å²) in [5, 5.41) is 19.4. The van der Waals surface area contributed by atoms with Crippen molar-refractivity contribution in [2.75, 3.05) is 4.72 Å². The molecular weight excluding hydrogens is 336 g/mol. The van der Waals surface area contributed by atoms with Gasteiger partial charge in [0.2, 0.25) is 0 Å². The Kier molecular flexibility index (Phi) is 4.18. The molecule has 0 aliphatic heterocycles. The molecule has 21 heavy (non-hydrogen) atoms. The highest BCUT2D eigenvalue weighted by Gasteiger charge is 2.24. The van der Waals surface area contributed by atoms with Crippen molar-refractivity contribution in [1.29, 1.82) is 5.26 Å². The van der Waals surface area contributed by atoms with E-state index in [1.165, 1.54) is 29.6 Å². The van der Waals surface area contributed by atoms with E-state index < -0.39 is 16.0 Å². The molecule has 9 heteroatoms. The van der Waals surface area contributed by atoms with E-state index in [4.69, 9.17) is 22.0 Å². The minimum Gasteiger partial charge on any atom is -0.477 e. The molecule has 108 valence electrons. The zero-order chi connectivity index (χ0) is 15.6. The van der Waals surface area contributed by atoms with Gasteiger partial charge in [0.15, 0.2) is 0 Å². The molecule has 0 radical (unpaired) electrons. The van der Waals surface area contributed by atoms with Crippen LogP contribution in [-0.2, 0) is 10.0 Å². The predicted octanol–water partition coefficient (Wildman–Crippen LogP) is 2.77. The van der Waals surface area contributed by atoms with Crippen LogP contribution in [0.2, 0.25) is 5.02 Å². The summed E-state index contributed by atoms with van der Waals surface area (Å²) in [6.45, 7) is 0. The van der Waals surface area contributed by atoms with E-state index in [2.05, 4.69) is 4.72 Å². The number of aromatic carboxylic acids is 1. The van der Waals surface area contributed by atoms with Crippen LogP contribution in [-0.4, -0.2) is 19.5 Å². The predicted molar refractivity (Wildman–Crippen MR) is 78.3 cm³/mol. The van der Waals surface area contributed by atoms with Crippen LogP contribution >= 0.6 is 22.9 Å². The number of hydrogen-bond acceptors (Lipinski definition) is 5. The highest BCUT2D eigenvalue weighted by atomic mass is 35.5. The summed E-state index contributed by atoms with van der Waals surface area (Å²) in [5.74, 6) is -1.32. The molecule has 0 unspecified atom stereocenters. The number of rotatable bonds is 4. The molecule has 1 aromatic carbocycles. The van der Waals surface area contributed by atoms with Gasteiger partial charge in [-0.3, -0.25) is 4.72 Å². The standard InChI is InChI=1S/C12H7ClN2O4S2/c13-9-2-1-8(5-7(9)6-14)15-21(18,19)10-3-4-20-11(10)12(16)17/h1-5,15H,(H,16,17). The van der Waals surface area contributed by atoms with Gasteiger partial charge >= 0.3 is 5.97 Å². The van der Waals surface area contributed by atoms with Crippen molar-refractivity contribution in [3.8, 4) is 6.07 Å². The molecule has 0 atom stereocenters. The second-order valence-corrected chi connectivity index (χ2v) is 6.81. The second-order valence-electron chi connectivity index (χ2n) is 3.83. The van der Waals surface area contributed by atoms with Crippen LogP contribution in [0.3, 0.4) is 0 Å². The van der Waals surface area contributed by atoms with Crippen molar-refractivity contribution in [3.63, 3.8) is 0 Å². The molecule has 2 rings (SSSR count). The molecule has 0 bridgehead atoms. The van der Waals surface area contributed by atoms with Crippen molar-refractivity contribution >= 4 is 44.6 Å². The van der Waals surface area contributed by atoms with Crippen molar-refractivity contribution < 1.29 is 18.3 Å². The van der Waals surface area contributed by atoms with E-state index >= 15 is 0 Å². The number of carboxylic acid groups (broad SMARTS) is 1. The van der Waals surface area contributed by atoms with Gasteiger partial charge in [-0.05, 0) is 29.6 Å². The molecule has 2 N–H and O–H groups in total. The third-order valence-corrected chi connectivity index (χ3v) is 5.24. The first-order chi connectivity index (χ1) is 9.85. The summed E-state index contributed by atoms with van der Waals surface area (Å²) in [6.07, 6.45) is 0. The average molecular weight is 343 g/mol. The highest BCUT2D eigenvalue weighted by Crippen LogP contribution is 2.26. The normalized spacial score (nSPS) is 10.9. The molecule has 0 spiro atoms. The molecule has 0 fully saturated rings. The minimum absolute atomic E-state index is 0.112. The fraction of sp³-hybridized carbons (Fsp3) is 0. The molecule has 1 aromatic heterocycles. The second kappa shape index (κ2) is 5.73. The van der Waals surface area contributed by atoms with Crippen LogP contribution in [0.25, 0.3) is 0 Å². The first-order valence-corrected chi connectivity index (χ1v) is 8.12. The number of carbonyl (C=O) groups is 1. The summed E-state index contributed by atoms with van der Waals surface area (Å²) in [4.78, 5) is 10.4. The van der Waals surface area contributed by atoms with Crippen molar-refractivity contribution in [2.45, 2.75) is 4.90 Å². The lowest BCUT2D eigenvalue weighted by Crippen LogP contribution is -2.15. The van der Waals surface area contributed by atoms with Gasteiger partial charge in [0.25, 0.3) is 10.0 Å². The number of hydrogen-bond donors (Lipinski definition) is 2. The molecular formula is C12H7ClN2O4S2. The molecule has 2 aromatic rings. The number of sulfonamides is 1. The Hall–Kier alpha value is -2.08. The smallest absolute Gasteiger partial charge is 0.347 e. The van der Waals surface area contributed by atoms with Gasteiger partial charge < -0.3 is 5.11 Å². The number of carboxylic acids is 1. The largest absolute Gasteiger partial charge is 0.477 e. The zero-order valence-electron chi connectivity index (χ0n) is 10.2. The Morgan fingerprint density at radius 1 is 1.38 bits per heavy atom. The van der Waals surface area contributed by atoms with Crippen LogP contribution < -0.4 is 4.72 Å². The fourth-order valence-electron chi connectivity index (χ4n) is 1.55. The molecule has 0 saturated carbocycles. The fourth-order valence-corrected chi connectivity index (χ4v) is 4.02. The summed E-state index contributed by atoms with van der Waals surface area (Å²) in [6, 6.07) is 7.06. The summed E-state index contributed by atoms with van der Waals surface area (Å²) < 4.78 is 26.6. The van der Waals surface area contributed by atoms with E-state index in [9.17, 15) is 13.2 Å². The van der Waals surface area contributed by atoms with Crippen LogP contribution in [0, 0.1) is 11.3 Å². The van der Waals surface area contributed by atoms with E-state index in [0.717, 1.165) is 11.3 Å². The van der Waals surface area contributed by atoms with Crippen molar-refractivity contribution in [3.05, 3.63) is 45.1 Å². The molecule has 1 heterocycles. The van der Waals surface area contributed by atoms with Crippen LogP contribution in [0.4, 0.5) is 5.69 Å². The lowest BCUT2D eigenvalue weighted by molar-refractivity contribution is 0.0698. The number of nitrogens with one attached hydrogen (secondary N) is 1. The molecule has 0 amide bonds. The molecule has 0 aliphatic carbocycles. The average Bonchev–Trinajstić information content (AvgIpc) is 2.91. The number of halogens is 1. The van der Waals surface area contributed by atoms with Gasteiger partial charge in [0.1, 0.15) is 15.8 Å². The quantitative estimate of drug-likeness (QED) is 0.888. The number of nitriles is 1. The summed E-state index contributed by atoms with van der Waals surface area (Å²) >= 11 is 6.57. The Bertz CT molecular complexity index is 852. The van der Waals surface area contributed by atoms with Gasteiger partial charge in [-0.15, -0.1) is 11.3 Å². The first kappa shape index (κ1) is 15.3. The van der Waals surface area contributed by atoms with Crippen LogP contribution in [0.15, 0.2) is 34.5 Å². The maximum absolute atomic E-state index is 12.2. The molecule has 6 nitrogen and oxygen atoms in total. The van der Waals surface area contributed by atoms with Crippen molar-refractivity contribution in [2.24, 2.45) is 0 Å². The first-order valence-electron chi connectivity index (χ1n) is 5.38. The monoisotopic (exact) mass is 342 g/mol. The third kappa shape index (κ3) is 3.16. The summed E-state index contributed by atoms with van der Waals surface area (Å²) in [5.41, 5.74) is 0.235. The maximum Gasteiger partial charge on any atom is 0.347 e. The number of benzene rings is 1. The van der Waals surface area contributed by atoms with E-state index in [-0.39, 0.29) is 26.0 Å². The van der Waals surface area contributed by atoms with Crippen LogP contribution in [0.5, 0.6) is 0 Å². The van der Waals surface area contributed by atoms with Gasteiger partial charge in [-0.2, -0.15) is 5.26 Å². The number of nitrogens with zero attached hydrogens (tertiary/aromatic N) is 1. The Labute approximate surface area is 129 Å².